The fourth-order valence-electron chi connectivity index (χ4n) is 5.14. The molecule has 2 bridgehead atoms. The van der Waals surface area contributed by atoms with Gasteiger partial charge in [0.05, 0.1) is 19.1 Å². The number of ketones is 1. The number of ether oxygens (including phenoxy) is 1. The molecule has 1 N–H and O–H groups in total. The normalized spacial score (nSPS) is 33.4. The summed E-state index contributed by atoms with van der Waals surface area (Å²) < 4.78 is 5.09. The Bertz CT molecular complexity index is 818. The summed E-state index contributed by atoms with van der Waals surface area (Å²) in [5.41, 5.74) is 3.01. The molecule has 2 heterocycles. The van der Waals surface area contributed by atoms with Crippen molar-refractivity contribution in [2.24, 2.45) is 11.8 Å². The Kier molecular flexibility index (Phi) is 4.50. The van der Waals surface area contributed by atoms with Gasteiger partial charge in [-0.15, -0.1) is 0 Å². The van der Waals surface area contributed by atoms with E-state index in [2.05, 4.69) is 5.32 Å². The monoisotopic (exact) mass is 368 g/mol. The lowest BCUT2D eigenvalue weighted by Crippen LogP contribution is -2.56. The van der Waals surface area contributed by atoms with Crippen LogP contribution in [0.5, 0.6) is 0 Å². The number of allylic oxidation sites excluding steroid dienone is 1. The van der Waals surface area contributed by atoms with Crippen molar-refractivity contribution < 1.29 is 19.1 Å². The zero-order valence-corrected chi connectivity index (χ0v) is 15.6. The first kappa shape index (κ1) is 17.8. The molecule has 0 aromatic heterocycles. The number of hydrogen-bond donors (Lipinski definition) is 1. The number of Topliss-reactive ketones (excluding diaryl/α,β-unsaturated/α-hetero) is 1. The van der Waals surface area contributed by atoms with Crippen molar-refractivity contribution in [3.05, 3.63) is 41.5 Å². The second kappa shape index (κ2) is 6.83. The van der Waals surface area contributed by atoms with Crippen LogP contribution in [0.2, 0.25) is 0 Å². The van der Waals surface area contributed by atoms with Gasteiger partial charge in [-0.25, -0.2) is 0 Å². The largest absolute Gasteiger partial charge is 0.469 e. The fraction of sp³-hybridized carbons (Fsp3) is 0.476. The van der Waals surface area contributed by atoms with Gasteiger partial charge in [-0.1, -0.05) is 29.8 Å². The number of fused-ring (bicyclic) bond motifs is 5. The van der Waals surface area contributed by atoms with E-state index < -0.39 is 5.92 Å². The number of likely N-dealkylation sites (tertiary alicyclic amines) is 1. The zero-order valence-electron chi connectivity index (χ0n) is 15.6. The van der Waals surface area contributed by atoms with E-state index in [-0.39, 0.29) is 42.1 Å². The maximum absolute atomic E-state index is 13.2. The van der Waals surface area contributed by atoms with Crippen LogP contribution in [0.4, 0.5) is 5.69 Å². The van der Waals surface area contributed by atoms with Crippen LogP contribution in [0.3, 0.4) is 0 Å². The lowest BCUT2D eigenvalue weighted by atomic mass is 9.67. The molecule has 27 heavy (non-hydrogen) atoms. The summed E-state index contributed by atoms with van der Waals surface area (Å²) in [6.45, 7) is 2.35. The van der Waals surface area contributed by atoms with Gasteiger partial charge in [0, 0.05) is 36.5 Å². The van der Waals surface area contributed by atoms with Crippen molar-refractivity contribution in [1.29, 1.82) is 0 Å². The molecule has 6 nitrogen and oxygen atoms in total. The number of amides is 1. The second-order valence-electron chi connectivity index (χ2n) is 7.59. The van der Waals surface area contributed by atoms with E-state index in [9.17, 15) is 14.4 Å². The molecular weight excluding hydrogens is 344 g/mol. The molecule has 2 aliphatic heterocycles. The molecule has 5 atom stereocenters. The van der Waals surface area contributed by atoms with Gasteiger partial charge < -0.3 is 15.0 Å². The number of piperidine rings is 1. The van der Waals surface area contributed by atoms with Crippen LogP contribution in [-0.4, -0.2) is 48.8 Å². The number of esters is 1. The van der Waals surface area contributed by atoms with E-state index in [0.717, 1.165) is 23.2 Å². The number of carbonyl (C=O) groups is 3. The number of rotatable bonds is 2. The van der Waals surface area contributed by atoms with Crippen LogP contribution in [0, 0.1) is 11.8 Å². The smallest absolute Gasteiger partial charge is 0.311 e. The van der Waals surface area contributed by atoms with Crippen molar-refractivity contribution in [1.82, 2.24) is 4.90 Å². The van der Waals surface area contributed by atoms with Crippen LogP contribution in [0.1, 0.15) is 31.2 Å². The fourth-order valence-corrected chi connectivity index (χ4v) is 5.14. The van der Waals surface area contributed by atoms with E-state index in [1.54, 1.807) is 4.90 Å². The Hall–Kier alpha value is -2.63. The minimum atomic E-state index is -0.516. The zero-order chi connectivity index (χ0) is 19.1. The number of nitrogens with zero attached hydrogens (tertiary/aromatic N) is 1. The maximum Gasteiger partial charge on any atom is 0.311 e. The van der Waals surface area contributed by atoms with Crippen molar-refractivity contribution in [2.45, 2.75) is 37.8 Å². The topological polar surface area (TPSA) is 75.7 Å². The van der Waals surface area contributed by atoms with Crippen molar-refractivity contribution in [3.8, 4) is 0 Å². The van der Waals surface area contributed by atoms with Gasteiger partial charge >= 0.3 is 5.97 Å². The van der Waals surface area contributed by atoms with E-state index in [1.807, 2.05) is 37.3 Å². The standard InChI is InChI=1S/C21H24N2O4/c1-3-12-10-23(11-24)17-8-15-13-6-4-5-7-16(13)22-20(15)18(25)9-14(12)19(17)21(26)27-2/h3-7,11,14-15,17,19-20,22H,8-10H2,1-2H3/b12-3+. The summed E-state index contributed by atoms with van der Waals surface area (Å²) in [6.07, 6.45) is 3.60. The molecule has 1 aromatic rings. The molecule has 0 radical (unpaired) electrons. The van der Waals surface area contributed by atoms with E-state index in [1.165, 1.54) is 7.11 Å². The molecule has 142 valence electrons. The van der Waals surface area contributed by atoms with Gasteiger partial charge in [-0.2, -0.15) is 0 Å². The molecule has 1 aromatic carbocycles. The highest BCUT2D eigenvalue weighted by Crippen LogP contribution is 2.47. The SMILES string of the molecule is C/C=C1\CN(C=O)C2CC3c4ccccc4NC3C(=O)CC1C2C(=O)OC. The van der Waals surface area contributed by atoms with Gasteiger partial charge in [-0.3, -0.25) is 14.4 Å². The Morgan fingerprint density at radius 2 is 2.07 bits per heavy atom. The van der Waals surface area contributed by atoms with Crippen LogP contribution in [-0.2, 0) is 19.1 Å². The molecule has 1 amide bonds. The Morgan fingerprint density at radius 1 is 1.30 bits per heavy atom. The first-order valence-corrected chi connectivity index (χ1v) is 9.41. The number of hydrogen-bond acceptors (Lipinski definition) is 5. The Balaban J connectivity index is 1.81. The molecule has 6 heteroatoms. The number of anilines is 1. The summed E-state index contributed by atoms with van der Waals surface area (Å²) in [7, 11) is 1.37. The minimum absolute atomic E-state index is 0.0542. The van der Waals surface area contributed by atoms with Gasteiger partial charge in [0.15, 0.2) is 5.78 Å². The van der Waals surface area contributed by atoms with Crippen molar-refractivity contribution >= 4 is 23.9 Å². The predicted octanol–water partition coefficient (Wildman–Crippen LogP) is 2.12. The lowest BCUT2D eigenvalue weighted by molar-refractivity contribution is -0.153. The van der Waals surface area contributed by atoms with Gasteiger partial charge in [0.2, 0.25) is 6.41 Å². The number of nitrogens with one attached hydrogen (secondary N) is 1. The second-order valence-corrected chi connectivity index (χ2v) is 7.59. The molecular formula is C21H24N2O4. The average molecular weight is 368 g/mol. The summed E-state index contributed by atoms with van der Waals surface area (Å²) in [5, 5.41) is 3.37. The number of carbonyl (C=O) groups excluding carboxylic acids is 3. The van der Waals surface area contributed by atoms with Crippen LogP contribution < -0.4 is 5.32 Å². The predicted molar refractivity (Wildman–Crippen MR) is 100 cm³/mol. The Morgan fingerprint density at radius 3 is 2.78 bits per heavy atom. The molecule has 2 fully saturated rings. The quantitative estimate of drug-likeness (QED) is 0.492. The first-order valence-electron chi connectivity index (χ1n) is 9.41. The highest BCUT2D eigenvalue weighted by Gasteiger charge is 2.51. The molecule has 1 saturated heterocycles. The number of benzene rings is 1. The highest BCUT2D eigenvalue weighted by molar-refractivity contribution is 5.92. The molecule has 0 spiro atoms. The third-order valence-corrected chi connectivity index (χ3v) is 6.43. The molecule has 3 aliphatic rings. The summed E-state index contributed by atoms with van der Waals surface area (Å²) in [6, 6.07) is 7.32. The number of methoxy groups -OCH3 is 1. The maximum atomic E-state index is 13.2. The third kappa shape index (κ3) is 2.74. The lowest BCUT2D eigenvalue weighted by Gasteiger charge is -2.47. The van der Waals surface area contributed by atoms with Crippen molar-refractivity contribution in [3.63, 3.8) is 0 Å². The van der Waals surface area contributed by atoms with Gasteiger partial charge in [0.25, 0.3) is 0 Å². The average Bonchev–Trinajstić information content (AvgIpc) is 3.05. The molecule has 1 aliphatic carbocycles. The van der Waals surface area contributed by atoms with E-state index in [0.29, 0.717) is 13.0 Å². The molecule has 5 unspecified atom stereocenters. The molecule has 1 saturated carbocycles. The molecule has 4 rings (SSSR count). The summed E-state index contributed by atoms with van der Waals surface area (Å²) in [5.74, 6) is -1.02. The van der Waals surface area contributed by atoms with Crippen molar-refractivity contribution in [2.75, 3.05) is 19.0 Å². The van der Waals surface area contributed by atoms with Crippen LogP contribution in [0.15, 0.2) is 35.9 Å². The first-order chi connectivity index (χ1) is 13.1. The van der Waals surface area contributed by atoms with E-state index in [4.69, 9.17) is 4.74 Å². The summed E-state index contributed by atoms with van der Waals surface area (Å²) >= 11 is 0. The number of para-hydroxylation sites is 1. The van der Waals surface area contributed by atoms with Crippen LogP contribution in [0.25, 0.3) is 0 Å². The van der Waals surface area contributed by atoms with E-state index >= 15 is 0 Å². The minimum Gasteiger partial charge on any atom is -0.469 e. The highest BCUT2D eigenvalue weighted by atomic mass is 16.5. The van der Waals surface area contributed by atoms with Gasteiger partial charge in [0.1, 0.15) is 0 Å². The summed E-state index contributed by atoms with van der Waals surface area (Å²) in [4.78, 5) is 39.4. The Labute approximate surface area is 158 Å². The van der Waals surface area contributed by atoms with Crippen LogP contribution >= 0.6 is 0 Å². The van der Waals surface area contributed by atoms with Gasteiger partial charge in [-0.05, 0) is 25.0 Å². The third-order valence-electron chi connectivity index (χ3n) is 6.43.